The Morgan fingerprint density at radius 1 is 1.09 bits per heavy atom. The lowest BCUT2D eigenvalue weighted by Crippen LogP contribution is -2.41. The van der Waals surface area contributed by atoms with E-state index in [9.17, 15) is 18.4 Å². The lowest BCUT2D eigenvalue weighted by Gasteiger charge is -2.32. The Kier molecular flexibility index (Phi) is 6.67. The third kappa shape index (κ3) is 5.43. The van der Waals surface area contributed by atoms with Crippen molar-refractivity contribution in [1.82, 2.24) is 19.8 Å². The van der Waals surface area contributed by atoms with Gasteiger partial charge in [-0.3, -0.25) is 4.79 Å². The zero-order valence-electron chi connectivity index (χ0n) is 19.5. The van der Waals surface area contributed by atoms with Crippen molar-refractivity contribution in [2.24, 2.45) is 5.92 Å². The monoisotopic (exact) mass is 474 g/mol. The fraction of sp³-hybridized carbons (Fsp3) is 0.500. The lowest BCUT2D eigenvalue weighted by molar-refractivity contribution is 0.0453. The predicted octanol–water partition coefficient (Wildman–Crippen LogP) is 3.90. The van der Waals surface area contributed by atoms with Gasteiger partial charge >= 0.3 is 6.09 Å². The maximum Gasteiger partial charge on any atom is 0.410 e. The van der Waals surface area contributed by atoms with E-state index in [2.05, 4.69) is 9.97 Å². The first kappa shape index (κ1) is 23.8. The molecule has 1 aliphatic heterocycles. The Morgan fingerprint density at radius 3 is 2.21 bits per heavy atom. The van der Waals surface area contributed by atoms with Crippen LogP contribution in [0, 0.1) is 17.6 Å². The van der Waals surface area contributed by atoms with Crippen molar-refractivity contribution >= 4 is 12.0 Å². The lowest BCUT2D eigenvalue weighted by atomic mass is 9.98. The van der Waals surface area contributed by atoms with Crippen LogP contribution in [0.2, 0.25) is 0 Å². The molecule has 2 aliphatic rings. The number of benzene rings is 1. The number of nitrogens with zero attached hydrogens (tertiary/aromatic N) is 4. The van der Waals surface area contributed by atoms with Gasteiger partial charge in [0.05, 0.1) is 6.61 Å². The number of likely N-dealkylation sites (tertiary alicyclic amines) is 1. The van der Waals surface area contributed by atoms with Crippen molar-refractivity contribution in [3.05, 3.63) is 42.0 Å². The number of carbonyl (C=O) groups is 2. The Labute approximate surface area is 196 Å². The number of piperidine rings is 1. The summed E-state index contributed by atoms with van der Waals surface area (Å²) >= 11 is 0. The van der Waals surface area contributed by atoms with Gasteiger partial charge in [0.25, 0.3) is 5.91 Å². The number of ether oxygens (including phenoxy) is 2. The van der Waals surface area contributed by atoms with Gasteiger partial charge in [-0.2, -0.15) is 0 Å². The molecule has 2 heterocycles. The van der Waals surface area contributed by atoms with Crippen LogP contribution in [0.5, 0.6) is 5.75 Å². The number of halogens is 2. The first-order valence-electron chi connectivity index (χ1n) is 11.3. The van der Waals surface area contributed by atoms with E-state index < -0.39 is 17.4 Å². The van der Waals surface area contributed by atoms with Gasteiger partial charge in [0, 0.05) is 45.1 Å². The van der Waals surface area contributed by atoms with Crippen molar-refractivity contribution in [3.8, 4) is 16.9 Å². The molecule has 2 fully saturated rings. The maximum atomic E-state index is 14.7. The van der Waals surface area contributed by atoms with E-state index in [0.29, 0.717) is 31.5 Å². The summed E-state index contributed by atoms with van der Waals surface area (Å²) in [6.45, 7) is 3.13. The minimum absolute atomic E-state index is 0.00398. The largest absolute Gasteiger partial charge is 0.487 e. The second-order valence-electron chi connectivity index (χ2n) is 9.32. The molecule has 1 saturated carbocycles. The van der Waals surface area contributed by atoms with Gasteiger partial charge < -0.3 is 19.3 Å². The number of hydrogen-bond donors (Lipinski definition) is 0. The van der Waals surface area contributed by atoms with Gasteiger partial charge in [-0.25, -0.2) is 23.5 Å². The summed E-state index contributed by atoms with van der Waals surface area (Å²) in [7, 11) is 3.16. The quantitative estimate of drug-likeness (QED) is 0.631. The normalized spacial score (nSPS) is 17.3. The fourth-order valence-electron chi connectivity index (χ4n) is 3.69. The highest BCUT2D eigenvalue weighted by Crippen LogP contribution is 2.39. The van der Waals surface area contributed by atoms with Crippen molar-refractivity contribution in [1.29, 1.82) is 0 Å². The Balaban J connectivity index is 1.33. The number of amides is 2. The average Bonchev–Trinajstić information content (AvgIpc) is 3.54. The van der Waals surface area contributed by atoms with Crippen LogP contribution in [0.1, 0.15) is 43.2 Å². The third-order valence-corrected chi connectivity index (χ3v) is 6.20. The van der Waals surface area contributed by atoms with Gasteiger partial charge in [0.1, 0.15) is 5.60 Å². The molecular formula is C24H28F2N4O4. The Bertz CT molecular complexity index is 1040. The zero-order valence-corrected chi connectivity index (χ0v) is 19.5. The SMILES string of the molecule is CN(C)C(=O)c1ncc(-c2cc(F)c(OCC3CCN(C(=O)OC4(C)CC4)CC3)c(F)c2)cn1. The molecule has 8 nitrogen and oxygen atoms in total. The molecule has 2 amide bonds. The second-order valence-corrected chi connectivity index (χ2v) is 9.32. The molecule has 1 aromatic heterocycles. The summed E-state index contributed by atoms with van der Waals surface area (Å²) in [5.41, 5.74) is 0.303. The van der Waals surface area contributed by atoms with E-state index in [1.165, 1.54) is 17.3 Å². The minimum Gasteiger partial charge on any atom is -0.487 e. The zero-order chi connectivity index (χ0) is 24.5. The topological polar surface area (TPSA) is 84.9 Å². The predicted molar refractivity (Wildman–Crippen MR) is 119 cm³/mol. The first-order valence-corrected chi connectivity index (χ1v) is 11.3. The van der Waals surface area contributed by atoms with E-state index in [1.54, 1.807) is 19.0 Å². The van der Waals surface area contributed by atoms with Gasteiger partial charge in [-0.1, -0.05) is 0 Å². The van der Waals surface area contributed by atoms with Gasteiger partial charge in [-0.15, -0.1) is 0 Å². The van der Waals surface area contributed by atoms with E-state index in [1.807, 2.05) is 6.92 Å². The molecule has 182 valence electrons. The van der Waals surface area contributed by atoms with Crippen molar-refractivity contribution in [3.63, 3.8) is 0 Å². The molecule has 1 aliphatic carbocycles. The van der Waals surface area contributed by atoms with E-state index in [-0.39, 0.29) is 41.5 Å². The summed E-state index contributed by atoms with van der Waals surface area (Å²) in [6.07, 6.45) is 5.53. The molecule has 0 spiro atoms. The number of rotatable bonds is 6. The molecule has 0 radical (unpaired) electrons. The standard InChI is InChI=1S/C24H28F2N4O4/c1-24(6-7-24)34-23(32)30-8-4-15(5-9-30)14-33-20-18(25)10-16(11-19(20)26)17-12-27-21(28-13-17)22(31)29(2)3/h10-13,15H,4-9,14H2,1-3H3. The van der Waals surface area contributed by atoms with Gasteiger partial charge in [-0.05, 0) is 56.2 Å². The molecule has 34 heavy (non-hydrogen) atoms. The Hall–Kier alpha value is -3.30. The Morgan fingerprint density at radius 2 is 1.68 bits per heavy atom. The second kappa shape index (κ2) is 9.52. The fourth-order valence-corrected chi connectivity index (χ4v) is 3.69. The number of aromatic nitrogens is 2. The molecule has 1 aromatic carbocycles. The van der Waals surface area contributed by atoms with Crippen LogP contribution < -0.4 is 4.74 Å². The van der Waals surface area contributed by atoms with E-state index in [4.69, 9.17) is 9.47 Å². The van der Waals surface area contributed by atoms with Crippen molar-refractivity contribution in [2.45, 2.75) is 38.2 Å². The molecular weight excluding hydrogens is 446 g/mol. The summed E-state index contributed by atoms with van der Waals surface area (Å²) in [4.78, 5) is 35.1. The molecule has 0 bridgehead atoms. The third-order valence-electron chi connectivity index (χ3n) is 6.20. The highest BCUT2D eigenvalue weighted by atomic mass is 19.1. The van der Waals surface area contributed by atoms with Crippen molar-refractivity contribution < 1.29 is 27.8 Å². The van der Waals surface area contributed by atoms with Gasteiger partial charge in [0.2, 0.25) is 5.82 Å². The number of hydrogen-bond acceptors (Lipinski definition) is 6. The van der Waals surface area contributed by atoms with Crippen molar-refractivity contribution in [2.75, 3.05) is 33.8 Å². The summed E-state index contributed by atoms with van der Waals surface area (Å²) in [5.74, 6) is -2.39. The molecule has 2 aromatic rings. The summed E-state index contributed by atoms with van der Waals surface area (Å²) < 4.78 is 40.3. The van der Waals surface area contributed by atoms with Crippen LogP contribution in [0.25, 0.3) is 11.1 Å². The summed E-state index contributed by atoms with van der Waals surface area (Å²) in [5, 5.41) is 0. The summed E-state index contributed by atoms with van der Waals surface area (Å²) in [6, 6.07) is 2.31. The average molecular weight is 475 g/mol. The molecule has 4 rings (SSSR count). The van der Waals surface area contributed by atoms with E-state index in [0.717, 1.165) is 25.0 Å². The molecule has 0 N–H and O–H groups in total. The minimum atomic E-state index is -0.831. The molecule has 10 heteroatoms. The van der Waals surface area contributed by atoms with Crippen LogP contribution in [0.4, 0.5) is 13.6 Å². The van der Waals surface area contributed by atoms with Crippen LogP contribution in [-0.4, -0.2) is 71.2 Å². The molecule has 0 atom stereocenters. The van der Waals surface area contributed by atoms with E-state index >= 15 is 0 Å². The number of carbonyl (C=O) groups excluding carboxylic acids is 2. The van der Waals surface area contributed by atoms with Gasteiger partial charge in [0.15, 0.2) is 17.4 Å². The molecule has 0 unspecified atom stereocenters. The smallest absolute Gasteiger partial charge is 0.410 e. The maximum absolute atomic E-state index is 14.7. The van der Waals surface area contributed by atoms with Crippen LogP contribution in [0.3, 0.4) is 0 Å². The highest BCUT2D eigenvalue weighted by Gasteiger charge is 2.43. The first-order chi connectivity index (χ1) is 16.1. The molecule has 1 saturated heterocycles. The van der Waals surface area contributed by atoms with Crippen LogP contribution in [-0.2, 0) is 4.74 Å². The van der Waals surface area contributed by atoms with Crippen LogP contribution in [0.15, 0.2) is 24.5 Å². The van der Waals surface area contributed by atoms with Crippen LogP contribution >= 0.6 is 0 Å². The highest BCUT2D eigenvalue weighted by molar-refractivity contribution is 5.90.